The number of hydrazone groups is 1. The van der Waals surface area contributed by atoms with Crippen molar-refractivity contribution in [2.75, 3.05) is 5.43 Å². The second kappa shape index (κ2) is 7.67. The molecule has 0 atom stereocenters. The van der Waals surface area contributed by atoms with Crippen LogP contribution in [0.15, 0.2) is 71.8 Å². The van der Waals surface area contributed by atoms with E-state index in [1.807, 2.05) is 48.5 Å². The normalized spacial score (nSPS) is 10.8. The van der Waals surface area contributed by atoms with Crippen molar-refractivity contribution < 1.29 is 4.74 Å². The van der Waals surface area contributed by atoms with E-state index >= 15 is 0 Å². The summed E-state index contributed by atoms with van der Waals surface area (Å²) >= 11 is 0. The first-order valence-electron chi connectivity index (χ1n) is 8.30. The average molecular weight is 330 g/mol. The van der Waals surface area contributed by atoms with Gasteiger partial charge in [-0.2, -0.15) is 5.10 Å². The Labute approximate surface area is 149 Å². The third-order valence-corrected chi connectivity index (χ3v) is 3.77. The third kappa shape index (κ3) is 4.95. The van der Waals surface area contributed by atoms with Gasteiger partial charge in [0.05, 0.1) is 11.9 Å². The fourth-order valence-electron chi connectivity index (χ4n) is 2.56. The monoisotopic (exact) mass is 330 g/mol. The summed E-state index contributed by atoms with van der Waals surface area (Å²) in [4.78, 5) is 0. The summed E-state index contributed by atoms with van der Waals surface area (Å²) in [5, 5.41) is 4.26. The van der Waals surface area contributed by atoms with Gasteiger partial charge in [0.1, 0.15) is 11.5 Å². The molecule has 0 spiro atoms. The molecule has 0 aromatic heterocycles. The quantitative estimate of drug-likeness (QED) is 0.470. The predicted molar refractivity (Wildman–Crippen MR) is 105 cm³/mol. The van der Waals surface area contributed by atoms with E-state index in [0.717, 1.165) is 22.7 Å². The Hall–Kier alpha value is -3.07. The second-order valence-electron chi connectivity index (χ2n) is 6.23. The number of nitrogens with one attached hydrogen (secondary N) is 1. The molecule has 126 valence electrons. The van der Waals surface area contributed by atoms with Crippen molar-refractivity contribution in [2.24, 2.45) is 5.10 Å². The highest BCUT2D eigenvalue weighted by atomic mass is 16.5. The molecule has 0 saturated carbocycles. The number of hydrogen-bond acceptors (Lipinski definition) is 3. The lowest BCUT2D eigenvalue weighted by molar-refractivity contribution is 0.482. The van der Waals surface area contributed by atoms with Crippen LogP contribution in [0.3, 0.4) is 0 Å². The minimum absolute atomic E-state index is 0.814. The molecule has 0 aliphatic rings. The Morgan fingerprint density at radius 2 is 1.36 bits per heavy atom. The van der Waals surface area contributed by atoms with Gasteiger partial charge in [0, 0.05) is 0 Å². The van der Waals surface area contributed by atoms with Crippen molar-refractivity contribution in [2.45, 2.75) is 20.8 Å². The highest BCUT2D eigenvalue weighted by Gasteiger charge is 1.99. The molecule has 3 aromatic carbocycles. The first kappa shape index (κ1) is 16.8. The molecule has 25 heavy (non-hydrogen) atoms. The molecular weight excluding hydrogens is 308 g/mol. The number of rotatable bonds is 5. The lowest BCUT2D eigenvalue weighted by atomic mass is 10.1. The van der Waals surface area contributed by atoms with Crippen molar-refractivity contribution >= 4 is 11.9 Å². The van der Waals surface area contributed by atoms with Gasteiger partial charge in [-0.1, -0.05) is 23.8 Å². The van der Waals surface area contributed by atoms with Crippen molar-refractivity contribution in [1.29, 1.82) is 0 Å². The molecule has 3 aromatic rings. The Morgan fingerprint density at radius 3 is 2.00 bits per heavy atom. The largest absolute Gasteiger partial charge is 0.457 e. The molecule has 3 heteroatoms. The van der Waals surface area contributed by atoms with Gasteiger partial charge in [-0.15, -0.1) is 0 Å². The van der Waals surface area contributed by atoms with Crippen molar-refractivity contribution in [3.05, 3.63) is 89.0 Å². The summed E-state index contributed by atoms with van der Waals surface area (Å²) in [7, 11) is 0. The zero-order chi connectivity index (χ0) is 17.6. The molecule has 0 saturated heterocycles. The van der Waals surface area contributed by atoms with Crippen molar-refractivity contribution in [3.63, 3.8) is 0 Å². The van der Waals surface area contributed by atoms with E-state index in [-0.39, 0.29) is 0 Å². The van der Waals surface area contributed by atoms with Crippen molar-refractivity contribution in [3.8, 4) is 11.5 Å². The summed E-state index contributed by atoms with van der Waals surface area (Å²) in [5.74, 6) is 1.67. The maximum Gasteiger partial charge on any atom is 0.127 e. The lowest BCUT2D eigenvalue weighted by Gasteiger charge is -2.08. The van der Waals surface area contributed by atoms with E-state index in [4.69, 9.17) is 4.74 Å². The average Bonchev–Trinajstić information content (AvgIpc) is 2.57. The van der Waals surface area contributed by atoms with Gasteiger partial charge in [-0.05, 0) is 86.0 Å². The van der Waals surface area contributed by atoms with Crippen LogP contribution in [0.25, 0.3) is 0 Å². The summed E-state index contributed by atoms with van der Waals surface area (Å²) < 4.78 is 5.92. The van der Waals surface area contributed by atoms with Gasteiger partial charge in [0.15, 0.2) is 0 Å². The highest BCUT2D eigenvalue weighted by Crippen LogP contribution is 2.23. The van der Waals surface area contributed by atoms with Crippen LogP contribution in [-0.2, 0) is 0 Å². The first-order valence-corrected chi connectivity index (χ1v) is 8.30. The van der Waals surface area contributed by atoms with Crippen LogP contribution in [0.5, 0.6) is 11.5 Å². The van der Waals surface area contributed by atoms with E-state index in [0.29, 0.717) is 0 Å². The van der Waals surface area contributed by atoms with Crippen LogP contribution in [-0.4, -0.2) is 6.21 Å². The summed E-state index contributed by atoms with van der Waals surface area (Å²) in [6, 6.07) is 22.2. The van der Waals surface area contributed by atoms with Crippen LogP contribution in [0, 0.1) is 20.8 Å². The fourth-order valence-corrected chi connectivity index (χ4v) is 2.56. The number of aryl methyl sites for hydroxylation is 3. The number of anilines is 1. The lowest BCUT2D eigenvalue weighted by Crippen LogP contribution is -1.91. The standard InChI is InChI=1S/C22H22N2O/c1-16-4-8-20(9-5-16)24-23-15-19-6-10-21(11-7-19)25-22-13-17(2)12-18(3)14-22/h4-15,24H,1-3H3. The molecule has 0 aliphatic heterocycles. The van der Waals surface area contributed by atoms with Gasteiger partial charge < -0.3 is 4.74 Å². The molecular formula is C22H22N2O. The first-order chi connectivity index (χ1) is 12.1. The minimum atomic E-state index is 0.814. The van der Waals surface area contributed by atoms with Crippen LogP contribution in [0.2, 0.25) is 0 Å². The fraction of sp³-hybridized carbons (Fsp3) is 0.136. The van der Waals surface area contributed by atoms with E-state index in [1.165, 1.54) is 16.7 Å². The Balaban J connectivity index is 1.61. The number of hydrogen-bond donors (Lipinski definition) is 1. The molecule has 0 radical (unpaired) electrons. The van der Waals surface area contributed by atoms with E-state index in [9.17, 15) is 0 Å². The van der Waals surface area contributed by atoms with Crippen LogP contribution in [0.4, 0.5) is 5.69 Å². The Morgan fingerprint density at radius 1 is 0.720 bits per heavy atom. The van der Waals surface area contributed by atoms with Gasteiger partial charge in [0.2, 0.25) is 0 Å². The van der Waals surface area contributed by atoms with Gasteiger partial charge >= 0.3 is 0 Å². The molecule has 0 heterocycles. The molecule has 0 amide bonds. The zero-order valence-electron chi connectivity index (χ0n) is 14.8. The van der Waals surface area contributed by atoms with Gasteiger partial charge in [-0.25, -0.2) is 0 Å². The molecule has 0 fully saturated rings. The number of benzene rings is 3. The van der Waals surface area contributed by atoms with Crippen LogP contribution >= 0.6 is 0 Å². The molecule has 0 unspecified atom stereocenters. The molecule has 0 bridgehead atoms. The molecule has 1 N–H and O–H groups in total. The molecule has 0 aliphatic carbocycles. The third-order valence-electron chi connectivity index (χ3n) is 3.77. The summed E-state index contributed by atoms with van der Waals surface area (Å²) in [6.45, 7) is 6.20. The summed E-state index contributed by atoms with van der Waals surface area (Å²) in [5.41, 5.74) is 8.62. The Bertz CT molecular complexity index is 845. The SMILES string of the molecule is Cc1ccc(NN=Cc2ccc(Oc3cc(C)cc(C)c3)cc2)cc1. The minimum Gasteiger partial charge on any atom is -0.457 e. The van der Waals surface area contributed by atoms with Crippen LogP contribution < -0.4 is 10.2 Å². The van der Waals surface area contributed by atoms with Crippen molar-refractivity contribution in [1.82, 2.24) is 0 Å². The Kier molecular flexibility index (Phi) is 5.14. The van der Waals surface area contributed by atoms with Gasteiger partial charge in [0.25, 0.3) is 0 Å². The maximum absolute atomic E-state index is 5.92. The van der Waals surface area contributed by atoms with E-state index in [1.54, 1.807) is 6.21 Å². The zero-order valence-corrected chi connectivity index (χ0v) is 14.8. The topological polar surface area (TPSA) is 33.6 Å². The summed E-state index contributed by atoms with van der Waals surface area (Å²) in [6.07, 6.45) is 1.79. The highest BCUT2D eigenvalue weighted by molar-refractivity contribution is 5.80. The second-order valence-corrected chi connectivity index (χ2v) is 6.23. The number of nitrogens with zero attached hydrogens (tertiary/aromatic N) is 1. The smallest absolute Gasteiger partial charge is 0.127 e. The van der Waals surface area contributed by atoms with Crippen LogP contribution in [0.1, 0.15) is 22.3 Å². The van der Waals surface area contributed by atoms with E-state index < -0.39 is 0 Å². The number of ether oxygens (including phenoxy) is 1. The predicted octanol–water partition coefficient (Wildman–Crippen LogP) is 5.85. The maximum atomic E-state index is 5.92. The molecule has 3 nitrogen and oxygen atoms in total. The van der Waals surface area contributed by atoms with E-state index in [2.05, 4.69) is 49.5 Å². The van der Waals surface area contributed by atoms with Gasteiger partial charge in [-0.3, -0.25) is 5.43 Å². The molecule has 3 rings (SSSR count).